The lowest BCUT2D eigenvalue weighted by atomic mass is 9.84. The van der Waals surface area contributed by atoms with Crippen molar-refractivity contribution in [2.45, 2.75) is 44.3 Å². The monoisotopic (exact) mass is 491 g/mol. The number of nitrogens with zero attached hydrogens (tertiary/aromatic N) is 4. The summed E-state index contributed by atoms with van der Waals surface area (Å²) in [6.45, 7) is 0.574. The molecule has 2 aliphatic carbocycles. The molecular weight excluding hydrogens is 467 g/mol. The van der Waals surface area contributed by atoms with Gasteiger partial charge in [0.2, 0.25) is 0 Å². The molecule has 0 spiro atoms. The van der Waals surface area contributed by atoms with E-state index in [0.29, 0.717) is 53.5 Å². The Hall–Kier alpha value is -3.75. The average molecular weight is 492 g/mol. The average Bonchev–Trinajstić information content (AvgIpc) is 3.26. The number of rotatable bonds is 4. The second kappa shape index (κ2) is 8.43. The number of pyridine rings is 3. The van der Waals surface area contributed by atoms with Crippen molar-refractivity contribution < 1.29 is 18.0 Å². The Morgan fingerprint density at radius 1 is 1.03 bits per heavy atom. The fraction of sp³-hybridized carbons (Fsp3) is 0.333. The van der Waals surface area contributed by atoms with Crippen LogP contribution >= 0.6 is 0 Å². The number of carbonyl (C=O) groups excluding carboxylic acids is 1. The number of benzene rings is 1. The second-order valence-corrected chi connectivity index (χ2v) is 9.69. The predicted molar refractivity (Wildman–Crippen MR) is 130 cm³/mol. The Balaban J connectivity index is 1.40. The molecule has 4 aromatic rings. The molecule has 2 N–H and O–H groups in total. The van der Waals surface area contributed by atoms with Gasteiger partial charge in [0.25, 0.3) is 5.91 Å². The molecule has 6 nitrogen and oxygen atoms in total. The van der Waals surface area contributed by atoms with E-state index in [1.54, 1.807) is 30.6 Å². The van der Waals surface area contributed by atoms with Gasteiger partial charge in [-0.2, -0.15) is 13.2 Å². The highest BCUT2D eigenvalue weighted by atomic mass is 19.4. The van der Waals surface area contributed by atoms with Gasteiger partial charge in [-0.3, -0.25) is 9.78 Å². The highest BCUT2D eigenvalue weighted by molar-refractivity contribution is 6.11. The topological polar surface area (TPSA) is 85.0 Å². The third-order valence-electron chi connectivity index (χ3n) is 7.50. The van der Waals surface area contributed by atoms with E-state index in [9.17, 15) is 18.0 Å². The summed E-state index contributed by atoms with van der Waals surface area (Å²) in [7, 11) is 0. The molecule has 1 amide bonds. The number of anilines is 1. The maximum Gasteiger partial charge on any atom is 0.433 e. The number of nitrogen functional groups attached to an aromatic ring is 1. The Kier molecular flexibility index (Phi) is 5.31. The van der Waals surface area contributed by atoms with E-state index in [-0.39, 0.29) is 11.9 Å². The number of carbonyl (C=O) groups is 1. The molecule has 0 aliphatic heterocycles. The van der Waals surface area contributed by atoms with Crippen LogP contribution in [0, 0.1) is 5.92 Å². The Bertz CT molecular complexity index is 1500. The van der Waals surface area contributed by atoms with E-state index in [1.165, 1.54) is 6.07 Å². The quantitative estimate of drug-likeness (QED) is 0.370. The maximum absolute atomic E-state index is 14.0. The van der Waals surface area contributed by atoms with E-state index in [1.807, 2.05) is 11.0 Å². The summed E-state index contributed by atoms with van der Waals surface area (Å²) in [5.41, 5.74) is 7.55. The molecule has 2 aliphatic rings. The molecule has 3 aromatic heterocycles. The first kappa shape index (κ1) is 22.7. The zero-order chi connectivity index (χ0) is 25.0. The highest BCUT2D eigenvalue weighted by Crippen LogP contribution is 2.40. The molecule has 1 aromatic carbocycles. The van der Waals surface area contributed by atoms with Crippen LogP contribution in [0.4, 0.5) is 19.0 Å². The molecular formula is C27H24F3N5O. The molecule has 0 saturated heterocycles. The molecule has 9 heteroatoms. The zero-order valence-corrected chi connectivity index (χ0v) is 19.4. The lowest BCUT2D eigenvalue weighted by Crippen LogP contribution is -2.39. The number of alkyl halides is 3. The number of aromatic nitrogens is 3. The summed E-state index contributed by atoms with van der Waals surface area (Å²) in [6.07, 6.45) is 3.07. The van der Waals surface area contributed by atoms with Crippen molar-refractivity contribution >= 4 is 33.4 Å². The van der Waals surface area contributed by atoms with Crippen molar-refractivity contribution in [3.05, 3.63) is 71.3 Å². The van der Waals surface area contributed by atoms with Crippen molar-refractivity contribution in [3.63, 3.8) is 0 Å². The molecule has 1 fully saturated rings. The molecule has 36 heavy (non-hydrogen) atoms. The number of aryl methyl sites for hydroxylation is 1. The van der Waals surface area contributed by atoms with Gasteiger partial charge < -0.3 is 10.6 Å². The summed E-state index contributed by atoms with van der Waals surface area (Å²) in [6, 6.07) is 9.36. The van der Waals surface area contributed by atoms with Crippen LogP contribution in [0.2, 0.25) is 0 Å². The normalized spacial score (nSPS) is 17.8. The fourth-order valence-corrected chi connectivity index (χ4v) is 5.40. The molecule has 0 bridgehead atoms. The third-order valence-corrected chi connectivity index (χ3v) is 7.50. The van der Waals surface area contributed by atoms with Gasteiger partial charge in [-0.15, -0.1) is 0 Å². The number of hydrogen-bond acceptors (Lipinski definition) is 5. The number of nitrogens with two attached hydrogens (primary N) is 1. The van der Waals surface area contributed by atoms with Crippen molar-refractivity contribution in [2.24, 2.45) is 5.92 Å². The van der Waals surface area contributed by atoms with Crippen LogP contribution in [0.25, 0.3) is 21.7 Å². The zero-order valence-electron chi connectivity index (χ0n) is 19.4. The van der Waals surface area contributed by atoms with Crippen LogP contribution in [0.15, 0.2) is 48.8 Å². The number of amides is 1. The van der Waals surface area contributed by atoms with Crippen LogP contribution in [-0.4, -0.2) is 32.3 Å². The lowest BCUT2D eigenvalue weighted by Gasteiger charge is -2.36. The van der Waals surface area contributed by atoms with E-state index >= 15 is 0 Å². The third kappa shape index (κ3) is 3.83. The minimum atomic E-state index is -4.49. The molecule has 184 valence electrons. The Labute approximate surface area is 205 Å². The van der Waals surface area contributed by atoms with Crippen LogP contribution in [-0.2, 0) is 12.6 Å². The van der Waals surface area contributed by atoms with Gasteiger partial charge >= 0.3 is 6.18 Å². The fourth-order valence-electron chi connectivity index (χ4n) is 5.40. The van der Waals surface area contributed by atoms with Gasteiger partial charge in [0.05, 0.1) is 11.6 Å². The van der Waals surface area contributed by atoms with Gasteiger partial charge in [0.15, 0.2) is 0 Å². The van der Waals surface area contributed by atoms with Crippen molar-refractivity contribution in [2.75, 3.05) is 12.3 Å². The SMILES string of the molecule is Nc1nc2ccc(C(=O)N(CC3CCC3)C3CCc4nc(C(F)(F)F)ccc43)cc2c2cnccc12. The summed E-state index contributed by atoms with van der Waals surface area (Å²) in [5.74, 6) is 0.654. The van der Waals surface area contributed by atoms with Crippen LogP contribution < -0.4 is 5.73 Å². The van der Waals surface area contributed by atoms with Gasteiger partial charge in [0.1, 0.15) is 11.5 Å². The summed E-state index contributed by atoms with van der Waals surface area (Å²) >= 11 is 0. The molecule has 6 rings (SSSR count). The van der Waals surface area contributed by atoms with E-state index in [0.717, 1.165) is 41.5 Å². The van der Waals surface area contributed by atoms with Crippen molar-refractivity contribution in [3.8, 4) is 0 Å². The largest absolute Gasteiger partial charge is 0.433 e. The van der Waals surface area contributed by atoms with E-state index in [4.69, 9.17) is 5.73 Å². The van der Waals surface area contributed by atoms with Gasteiger partial charge in [0, 0.05) is 46.4 Å². The molecule has 0 radical (unpaired) electrons. The highest BCUT2D eigenvalue weighted by Gasteiger charge is 2.38. The van der Waals surface area contributed by atoms with E-state index in [2.05, 4.69) is 15.0 Å². The smallest absolute Gasteiger partial charge is 0.383 e. The summed E-state index contributed by atoms with van der Waals surface area (Å²) in [4.78, 5) is 28.4. The second-order valence-electron chi connectivity index (χ2n) is 9.69. The van der Waals surface area contributed by atoms with Crippen molar-refractivity contribution in [1.29, 1.82) is 0 Å². The number of halogens is 3. The maximum atomic E-state index is 14.0. The molecule has 1 atom stereocenters. The van der Waals surface area contributed by atoms with E-state index < -0.39 is 11.9 Å². The Morgan fingerprint density at radius 2 is 1.86 bits per heavy atom. The van der Waals surface area contributed by atoms with Gasteiger partial charge in [-0.1, -0.05) is 12.5 Å². The van der Waals surface area contributed by atoms with Crippen LogP contribution in [0.1, 0.15) is 59.0 Å². The molecule has 3 heterocycles. The first-order valence-electron chi connectivity index (χ1n) is 12.1. The summed E-state index contributed by atoms with van der Waals surface area (Å²) < 4.78 is 39.6. The van der Waals surface area contributed by atoms with Crippen molar-refractivity contribution in [1.82, 2.24) is 19.9 Å². The van der Waals surface area contributed by atoms with Gasteiger partial charge in [-0.25, -0.2) is 9.97 Å². The predicted octanol–water partition coefficient (Wildman–Crippen LogP) is 5.71. The number of fused-ring (bicyclic) bond motifs is 4. The summed E-state index contributed by atoms with van der Waals surface area (Å²) in [5, 5.41) is 2.37. The Morgan fingerprint density at radius 3 is 2.61 bits per heavy atom. The minimum absolute atomic E-state index is 0.143. The molecule has 1 saturated carbocycles. The first-order valence-corrected chi connectivity index (χ1v) is 12.1. The number of hydrogen-bond donors (Lipinski definition) is 1. The molecule has 1 unspecified atom stereocenters. The first-order chi connectivity index (χ1) is 17.3. The van der Waals surface area contributed by atoms with Crippen LogP contribution in [0.5, 0.6) is 0 Å². The van der Waals surface area contributed by atoms with Crippen LogP contribution in [0.3, 0.4) is 0 Å². The minimum Gasteiger partial charge on any atom is -0.383 e. The lowest BCUT2D eigenvalue weighted by molar-refractivity contribution is -0.141. The van der Waals surface area contributed by atoms with Gasteiger partial charge in [-0.05, 0) is 67.5 Å². The standard InChI is InChI=1S/C27H24F3N5O/c28-27(29,30)24-9-5-18-21(33-24)7-8-23(18)35(14-15-2-1-3-15)26(36)16-4-6-22-19(12-16)20-13-32-11-10-17(20)25(31)34-22/h4-6,9-13,15,23H,1-3,7-8,14H2,(H2,31,34).